The zero-order valence-corrected chi connectivity index (χ0v) is 14.6. The maximum absolute atomic E-state index is 12.6. The van der Waals surface area contributed by atoms with Crippen LogP contribution in [0, 0.1) is 6.92 Å². The van der Waals surface area contributed by atoms with E-state index in [4.69, 9.17) is 4.42 Å². The second kappa shape index (κ2) is 6.40. The molecule has 1 saturated heterocycles. The van der Waals surface area contributed by atoms with Gasteiger partial charge in [-0.05, 0) is 42.7 Å². The van der Waals surface area contributed by atoms with E-state index < -0.39 is 0 Å². The molecule has 0 N–H and O–H groups in total. The predicted molar refractivity (Wildman–Crippen MR) is 90.1 cm³/mol. The van der Waals surface area contributed by atoms with Gasteiger partial charge in [-0.3, -0.25) is 4.79 Å². The highest BCUT2D eigenvalue weighted by Gasteiger charge is 2.30. The van der Waals surface area contributed by atoms with Gasteiger partial charge < -0.3 is 9.32 Å². The van der Waals surface area contributed by atoms with Crippen LogP contribution in [0.5, 0.6) is 0 Å². The lowest BCUT2D eigenvalue weighted by atomic mass is 9.98. The summed E-state index contributed by atoms with van der Waals surface area (Å²) >= 11 is 2.74. The Morgan fingerprint density at radius 2 is 2.29 bits per heavy atom. The quantitative estimate of drug-likeness (QED) is 0.713. The molecule has 1 atom stereocenters. The minimum Gasteiger partial charge on any atom is -0.420 e. The van der Waals surface area contributed by atoms with E-state index in [9.17, 15) is 4.79 Å². The molecule has 4 heterocycles. The molecule has 1 amide bonds. The molecule has 24 heavy (non-hydrogen) atoms. The topological polar surface area (TPSA) is 85.0 Å². The molecule has 1 aliphatic heterocycles. The van der Waals surface area contributed by atoms with Crippen LogP contribution in [0.15, 0.2) is 21.2 Å². The van der Waals surface area contributed by atoms with E-state index in [0.717, 1.165) is 36.5 Å². The van der Waals surface area contributed by atoms with E-state index in [1.165, 1.54) is 0 Å². The van der Waals surface area contributed by atoms with Gasteiger partial charge in [-0.2, -0.15) is 11.3 Å². The lowest BCUT2D eigenvalue weighted by Crippen LogP contribution is -2.39. The molecule has 1 fully saturated rings. The molecule has 0 unspecified atom stereocenters. The predicted octanol–water partition coefficient (Wildman–Crippen LogP) is 2.98. The van der Waals surface area contributed by atoms with Gasteiger partial charge in [-0.1, -0.05) is 4.49 Å². The van der Waals surface area contributed by atoms with Crippen LogP contribution >= 0.6 is 22.9 Å². The minimum atomic E-state index is -0.00947. The van der Waals surface area contributed by atoms with Gasteiger partial charge in [0.05, 0.1) is 11.6 Å². The zero-order chi connectivity index (χ0) is 16.5. The Kier molecular flexibility index (Phi) is 4.11. The summed E-state index contributed by atoms with van der Waals surface area (Å²) in [5.74, 6) is 1.21. The molecule has 0 bridgehead atoms. The summed E-state index contributed by atoms with van der Waals surface area (Å²) in [6.45, 7) is 3.13. The Bertz CT molecular complexity index is 842. The first-order valence-electron chi connectivity index (χ1n) is 7.66. The molecule has 0 spiro atoms. The fraction of sp³-hybridized carbons (Fsp3) is 0.400. The van der Waals surface area contributed by atoms with Crippen molar-refractivity contribution in [2.75, 3.05) is 13.1 Å². The van der Waals surface area contributed by atoms with Crippen molar-refractivity contribution >= 4 is 28.8 Å². The molecule has 0 aliphatic carbocycles. The second-order valence-corrected chi connectivity index (χ2v) is 7.27. The second-order valence-electron chi connectivity index (χ2n) is 5.74. The SMILES string of the molecule is Cc1nnsc1C(=O)N1CCC[C@H](c2nnc(-c3ccsc3)o2)C1. The lowest BCUT2D eigenvalue weighted by molar-refractivity contribution is 0.0702. The highest BCUT2D eigenvalue weighted by molar-refractivity contribution is 7.08. The number of hydrogen-bond donors (Lipinski definition) is 0. The number of amides is 1. The number of carbonyl (C=O) groups is 1. The van der Waals surface area contributed by atoms with Crippen molar-refractivity contribution in [2.24, 2.45) is 0 Å². The van der Waals surface area contributed by atoms with Crippen molar-refractivity contribution in [3.8, 4) is 11.5 Å². The van der Waals surface area contributed by atoms with Gasteiger partial charge in [0, 0.05) is 24.0 Å². The summed E-state index contributed by atoms with van der Waals surface area (Å²) in [7, 11) is 0. The van der Waals surface area contributed by atoms with Crippen LogP contribution in [0.3, 0.4) is 0 Å². The van der Waals surface area contributed by atoms with Gasteiger partial charge in [0.1, 0.15) is 4.88 Å². The summed E-state index contributed by atoms with van der Waals surface area (Å²) < 4.78 is 9.69. The highest BCUT2D eigenvalue weighted by Crippen LogP contribution is 2.30. The van der Waals surface area contributed by atoms with Crippen LogP contribution in [0.25, 0.3) is 11.5 Å². The zero-order valence-electron chi connectivity index (χ0n) is 13.0. The standard InChI is InChI=1S/C15H15N5O2S2/c1-9-12(24-19-16-9)15(21)20-5-2-3-10(7-20)13-17-18-14(22-13)11-4-6-23-8-11/h4,6,8,10H,2-3,5,7H2,1H3/t10-/m0/s1. The van der Waals surface area contributed by atoms with Crippen LogP contribution in [-0.4, -0.2) is 43.7 Å². The summed E-state index contributed by atoms with van der Waals surface area (Å²) in [5, 5.41) is 16.2. The van der Waals surface area contributed by atoms with Gasteiger partial charge in [0.2, 0.25) is 11.8 Å². The van der Waals surface area contributed by atoms with E-state index in [2.05, 4.69) is 19.8 Å². The smallest absolute Gasteiger partial charge is 0.267 e. The van der Waals surface area contributed by atoms with Gasteiger partial charge in [0.15, 0.2) is 0 Å². The Hall–Kier alpha value is -2.13. The molecular weight excluding hydrogens is 346 g/mol. The average molecular weight is 361 g/mol. The van der Waals surface area contributed by atoms with Crippen LogP contribution in [0.2, 0.25) is 0 Å². The first kappa shape index (κ1) is 15.4. The molecule has 7 nitrogen and oxygen atoms in total. The van der Waals surface area contributed by atoms with Crippen molar-refractivity contribution in [1.82, 2.24) is 24.7 Å². The lowest BCUT2D eigenvalue weighted by Gasteiger charge is -2.30. The third kappa shape index (κ3) is 2.84. The van der Waals surface area contributed by atoms with Crippen molar-refractivity contribution in [3.05, 3.63) is 33.3 Å². The molecule has 3 aromatic rings. The number of aryl methyl sites for hydroxylation is 1. The van der Waals surface area contributed by atoms with Gasteiger partial charge in [0.25, 0.3) is 5.91 Å². The molecule has 1 aliphatic rings. The van der Waals surface area contributed by atoms with Gasteiger partial charge in [-0.25, -0.2) is 0 Å². The summed E-state index contributed by atoms with van der Waals surface area (Å²) in [5.41, 5.74) is 1.62. The normalized spacial score (nSPS) is 18.0. The maximum atomic E-state index is 12.6. The Morgan fingerprint density at radius 1 is 1.38 bits per heavy atom. The maximum Gasteiger partial charge on any atom is 0.267 e. The number of piperidine rings is 1. The largest absolute Gasteiger partial charge is 0.420 e. The Labute approximate surface area is 146 Å². The van der Waals surface area contributed by atoms with E-state index in [1.807, 2.05) is 28.7 Å². The molecule has 9 heteroatoms. The number of hydrogen-bond acceptors (Lipinski definition) is 8. The molecular formula is C15H15N5O2S2. The minimum absolute atomic E-state index is 0.00947. The van der Waals surface area contributed by atoms with Gasteiger partial charge >= 0.3 is 0 Å². The van der Waals surface area contributed by atoms with Crippen molar-refractivity contribution in [3.63, 3.8) is 0 Å². The fourth-order valence-corrected chi connectivity index (χ4v) is 4.09. The molecule has 0 aromatic carbocycles. The van der Waals surface area contributed by atoms with E-state index in [0.29, 0.717) is 28.9 Å². The molecule has 124 valence electrons. The highest BCUT2D eigenvalue weighted by atomic mass is 32.1. The summed E-state index contributed by atoms with van der Waals surface area (Å²) in [4.78, 5) is 15.1. The van der Waals surface area contributed by atoms with Crippen molar-refractivity contribution in [2.45, 2.75) is 25.7 Å². The van der Waals surface area contributed by atoms with Crippen molar-refractivity contribution < 1.29 is 9.21 Å². The number of aromatic nitrogens is 4. The van der Waals surface area contributed by atoms with Gasteiger partial charge in [-0.15, -0.1) is 15.3 Å². The molecule has 3 aromatic heterocycles. The van der Waals surface area contributed by atoms with Crippen LogP contribution in [0.4, 0.5) is 0 Å². The van der Waals surface area contributed by atoms with E-state index in [-0.39, 0.29) is 11.8 Å². The van der Waals surface area contributed by atoms with E-state index >= 15 is 0 Å². The average Bonchev–Trinajstić information content (AvgIpc) is 3.35. The van der Waals surface area contributed by atoms with Crippen LogP contribution in [0.1, 0.15) is 40.0 Å². The number of nitrogens with zero attached hydrogens (tertiary/aromatic N) is 5. The number of carbonyl (C=O) groups excluding carboxylic acids is 1. The Balaban J connectivity index is 1.51. The number of thiophene rings is 1. The van der Waals surface area contributed by atoms with E-state index in [1.54, 1.807) is 11.3 Å². The number of rotatable bonds is 3. The number of likely N-dealkylation sites (tertiary alicyclic amines) is 1. The first-order valence-corrected chi connectivity index (χ1v) is 9.38. The third-order valence-corrected chi connectivity index (χ3v) is 5.61. The first-order chi connectivity index (χ1) is 11.7. The van der Waals surface area contributed by atoms with Crippen LogP contribution < -0.4 is 0 Å². The summed E-state index contributed by atoms with van der Waals surface area (Å²) in [6.07, 6.45) is 1.85. The third-order valence-electron chi connectivity index (χ3n) is 4.11. The molecule has 0 saturated carbocycles. The molecule has 4 rings (SSSR count). The Morgan fingerprint density at radius 3 is 3.04 bits per heavy atom. The summed E-state index contributed by atoms with van der Waals surface area (Å²) in [6, 6.07) is 1.96. The van der Waals surface area contributed by atoms with Crippen LogP contribution in [-0.2, 0) is 0 Å². The molecule has 0 radical (unpaired) electrons. The fourth-order valence-electron chi connectivity index (χ4n) is 2.84. The van der Waals surface area contributed by atoms with Crippen molar-refractivity contribution in [1.29, 1.82) is 0 Å². The monoisotopic (exact) mass is 361 g/mol.